The number of carboxylic acids is 1. The van der Waals surface area contributed by atoms with Crippen LogP contribution in [-0.2, 0) is 16.2 Å². The van der Waals surface area contributed by atoms with Crippen molar-refractivity contribution < 1.29 is 19.4 Å². The van der Waals surface area contributed by atoms with Crippen molar-refractivity contribution in [3.05, 3.63) is 69.2 Å². The van der Waals surface area contributed by atoms with Crippen LogP contribution in [0.2, 0.25) is 5.02 Å². The first kappa shape index (κ1) is 20.0. The van der Waals surface area contributed by atoms with Gasteiger partial charge in [-0.15, -0.1) is 0 Å². The number of nitrogens with one attached hydrogen (secondary N) is 1. The minimum Gasteiger partial charge on any atom is -0.488 e. The summed E-state index contributed by atoms with van der Waals surface area (Å²) < 4.78 is 6.65. The summed E-state index contributed by atoms with van der Waals surface area (Å²) in [5.74, 6) is -1.03. The summed E-state index contributed by atoms with van der Waals surface area (Å²) in [5.41, 5.74) is 1.52. The van der Waals surface area contributed by atoms with Crippen molar-refractivity contribution in [1.82, 2.24) is 5.32 Å². The van der Waals surface area contributed by atoms with Gasteiger partial charge in [0.1, 0.15) is 18.4 Å². The molecule has 26 heavy (non-hydrogen) atoms. The predicted molar refractivity (Wildman–Crippen MR) is 104 cm³/mol. The molecule has 2 N–H and O–H groups in total. The quantitative estimate of drug-likeness (QED) is 0.633. The van der Waals surface area contributed by atoms with Crippen LogP contribution in [0.5, 0.6) is 5.75 Å². The summed E-state index contributed by atoms with van der Waals surface area (Å²) in [4.78, 5) is 22.6. The van der Waals surface area contributed by atoms with Crippen LogP contribution < -0.4 is 10.1 Å². The van der Waals surface area contributed by atoms with Gasteiger partial charge in [0.25, 0.3) is 0 Å². The maximum Gasteiger partial charge on any atom is 0.325 e. The van der Waals surface area contributed by atoms with Crippen molar-refractivity contribution in [3.63, 3.8) is 0 Å². The van der Waals surface area contributed by atoms with Crippen LogP contribution in [0.4, 0.5) is 0 Å². The van der Waals surface area contributed by atoms with Gasteiger partial charge in [-0.2, -0.15) is 0 Å². The third kappa shape index (κ3) is 5.89. The molecule has 1 amide bonds. The fourth-order valence-electron chi connectivity index (χ4n) is 2.04. The summed E-state index contributed by atoms with van der Waals surface area (Å²) >= 11 is 9.51. The standard InChI is InChI=1S/C19H17BrClNO4/c1-12(19(24)25)22-18(23)9-6-13-10-15(20)7-8-17(13)26-11-14-4-2-3-5-16(14)21/h2-10,12H,11H2,1H3,(H,22,23)(H,24,25)/b9-6+/t12-/m1/s1. The van der Waals surface area contributed by atoms with E-state index in [4.69, 9.17) is 21.4 Å². The molecule has 2 rings (SSSR count). The van der Waals surface area contributed by atoms with E-state index >= 15 is 0 Å². The van der Waals surface area contributed by atoms with Crippen LogP contribution in [-0.4, -0.2) is 23.0 Å². The Morgan fingerprint density at radius 3 is 2.73 bits per heavy atom. The summed E-state index contributed by atoms with van der Waals surface area (Å²) in [6.07, 6.45) is 2.83. The van der Waals surface area contributed by atoms with E-state index in [2.05, 4.69) is 21.2 Å². The van der Waals surface area contributed by atoms with Crippen LogP contribution in [0.15, 0.2) is 53.0 Å². The molecular weight excluding hydrogens is 422 g/mol. The lowest BCUT2D eigenvalue weighted by atomic mass is 10.1. The highest BCUT2D eigenvalue weighted by molar-refractivity contribution is 9.10. The number of benzene rings is 2. The van der Waals surface area contributed by atoms with Gasteiger partial charge in [0.05, 0.1) is 0 Å². The third-order valence-corrected chi connectivity index (χ3v) is 4.32. The van der Waals surface area contributed by atoms with Crippen molar-refractivity contribution in [3.8, 4) is 5.75 Å². The highest BCUT2D eigenvalue weighted by Gasteiger charge is 2.12. The van der Waals surface area contributed by atoms with E-state index in [0.29, 0.717) is 16.3 Å². The topological polar surface area (TPSA) is 75.6 Å². The number of halogens is 2. The molecule has 0 bridgehead atoms. The van der Waals surface area contributed by atoms with Gasteiger partial charge in [0.2, 0.25) is 5.91 Å². The largest absolute Gasteiger partial charge is 0.488 e. The lowest BCUT2D eigenvalue weighted by Crippen LogP contribution is -2.37. The van der Waals surface area contributed by atoms with Gasteiger partial charge < -0.3 is 15.2 Å². The molecule has 0 aliphatic rings. The number of hydrogen-bond acceptors (Lipinski definition) is 3. The SMILES string of the molecule is C[C@@H](NC(=O)/C=C/c1cc(Br)ccc1OCc1ccccc1Cl)C(=O)O. The maximum atomic E-state index is 11.8. The minimum absolute atomic E-state index is 0.282. The van der Waals surface area contributed by atoms with Crippen LogP contribution in [0.25, 0.3) is 6.08 Å². The van der Waals surface area contributed by atoms with E-state index < -0.39 is 17.9 Å². The molecule has 136 valence electrons. The van der Waals surface area contributed by atoms with Gasteiger partial charge in [-0.25, -0.2) is 0 Å². The second-order valence-electron chi connectivity index (χ2n) is 5.46. The molecule has 0 aliphatic heterocycles. The molecule has 0 aliphatic carbocycles. The van der Waals surface area contributed by atoms with Gasteiger partial charge >= 0.3 is 5.97 Å². The van der Waals surface area contributed by atoms with Crippen LogP contribution >= 0.6 is 27.5 Å². The summed E-state index contributed by atoms with van der Waals surface area (Å²) in [6, 6.07) is 11.8. The molecule has 0 spiro atoms. The zero-order chi connectivity index (χ0) is 19.1. The number of carbonyl (C=O) groups is 2. The Balaban J connectivity index is 2.12. The van der Waals surface area contributed by atoms with Crippen molar-refractivity contribution in [2.45, 2.75) is 19.6 Å². The molecule has 2 aromatic carbocycles. The molecule has 0 heterocycles. The second kappa shape index (κ2) is 9.40. The fraction of sp³-hybridized carbons (Fsp3) is 0.158. The van der Waals surface area contributed by atoms with E-state index in [1.807, 2.05) is 24.3 Å². The Morgan fingerprint density at radius 1 is 1.31 bits per heavy atom. The lowest BCUT2D eigenvalue weighted by Gasteiger charge is -2.11. The Hall–Kier alpha value is -2.31. The molecule has 0 saturated carbocycles. The Morgan fingerprint density at radius 2 is 2.04 bits per heavy atom. The lowest BCUT2D eigenvalue weighted by molar-refractivity contribution is -0.140. The minimum atomic E-state index is -1.10. The van der Waals surface area contributed by atoms with E-state index in [1.165, 1.54) is 13.0 Å². The Kier molecular flexibility index (Phi) is 7.24. The van der Waals surface area contributed by atoms with Crippen molar-refractivity contribution in [1.29, 1.82) is 0 Å². The molecule has 0 saturated heterocycles. The average Bonchev–Trinajstić information content (AvgIpc) is 2.60. The number of amides is 1. The monoisotopic (exact) mass is 437 g/mol. The smallest absolute Gasteiger partial charge is 0.325 e. The zero-order valence-corrected chi connectivity index (χ0v) is 16.3. The zero-order valence-electron chi connectivity index (χ0n) is 13.9. The van der Waals surface area contributed by atoms with E-state index in [-0.39, 0.29) is 6.61 Å². The number of carboxylic acid groups (broad SMARTS) is 1. The number of rotatable bonds is 7. The van der Waals surface area contributed by atoms with Crippen LogP contribution in [0.1, 0.15) is 18.1 Å². The van der Waals surface area contributed by atoms with E-state index in [9.17, 15) is 9.59 Å². The molecule has 5 nitrogen and oxygen atoms in total. The molecular formula is C19H17BrClNO4. The summed E-state index contributed by atoms with van der Waals surface area (Å²) in [6.45, 7) is 1.68. The number of carbonyl (C=O) groups excluding carboxylic acids is 1. The number of aliphatic carboxylic acids is 1. The molecule has 7 heteroatoms. The molecule has 0 fully saturated rings. The summed E-state index contributed by atoms with van der Waals surface area (Å²) in [5, 5.41) is 11.8. The van der Waals surface area contributed by atoms with Gasteiger partial charge in [-0.1, -0.05) is 45.7 Å². The van der Waals surface area contributed by atoms with E-state index in [0.717, 1.165) is 10.0 Å². The van der Waals surface area contributed by atoms with Crippen LogP contribution in [0.3, 0.4) is 0 Å². The highest BCUT2D eigenvalue weighted by Crippen LogP contribution is 2.26. The highest BCUT2D eigenvalue weighted by atomic mass is 79.9. The molecule has 1 atom stereocenters. The molecule has 2 aromatic rings. The normalized spacial score (nSPS) is 12.0. The first-order valence-electron chi connectivity index (χ1n) is 7.74. The van der Waals surface area contributed by atoms with Gasteiger partial charge in [-0.3, -0.25) is 9.59 Å². The van der Waals surface area contributed by atoms with Crippen LogP contribution in [0, 0.1) is 0 Å². The Bertz CT molecular complexity index is 838. The van der Waals surface area contributed by atoms with Gasteiger partial charge in [0, 0.05) is 26.7 Å². The van der Waals surface area contributed by atoms with Crippen molar-refractivity contribution >= 4 is 45.5 Å². The summed E-state index contributed by atoms with van der Waals surface area (Å²) in [7, 11) is 0. The third-order valence-electron chi connectivity index (χ3n) is 3.46. The molecule has 0 aromatic heterocycles. The first-order chi connectivity index (χ1) is 12.4. The van der Waals surface area contributed by atoms with Crippen molar-refractivity contribution in [2.75, 3.05) is 0 Å². The molecule has 0 unspecified atom stereocenters. The average molecular weight is 439 g/mol. The fourth-order valence-corrected chi connectivity index (χ4v) is 2.61. The second-order valence-corrected chi connectivity index (χ2v) is 6.79. The van der Waals surface area contributed by atoms with Crippen molar-refractivity contribution in [2.24, 2.45) is 0 Å². The van der Waals surface area contributed by atoms with E-state index in [1.54, 1.807) is 24.3 Å². The van der Waals surface area contributed by atoms with Gasteiger partial charge in [0.15, 0.2) is 0 Å². The maximum absolute atomic E-state index is 11.8. The number of ether oxygens (including phenoxy) is 1. The Labute approximate surface area is 164 Å². The molecule has 0 radical (unpaired) electrons. The first-order valence-corrected chi connectivity index (χ1v) is 8.91. The predicted octanol–water partition coefficient (Wildman–Crippen LogP) is 4.28. The number of hydrogen-bond donors (Lipinski definition) is 2. The van der Waals surface area contributed by atoms with Gasteiger partial charge in [-0.05, 0) is 37.3 Å².